The van der Waals surface area contributed by atoms with Gasteiger partial charge in [-0.05, 0) is 43.7 Å². The second-order valence-corrected chi connectivity index (χ2v) is 7.30. The van der Waals surface area contributed by atoms with Crippen molar-refractivity contribution >= 4 is 11.8 Å². The van der Waals surface area contributed by atoms with Crippen LogP contribution in [0.25, 0.3) is 0 Å². The van der Waals surface area contributed by atoms with Crippen LogP contribution < -0.4 is 5.32 Å². The van der Waals surface area contributed by atoms with Crippen LogP contribution in [-0.4, -0.2) is 29.3 Å². The van der Waals surface area contributed by atoms with Crippen molar-refractivity contribution in [2.24, 2.45) is 0 Å². The number of hydrogen-bond acceptors (Lipinski definition) is 2. The lowest BCUT2D eigenvalue weighted by atomic mass is 10.1. The van der Waals surface area contributed by atoms with Crippen LogP contribution in [0.15, 0.2) is 54.6 Å². The summed E-state index contributed by atoms with van der Waals surface area (Å²) in [4.78, 5) is 26.5. The Bertz CT molecular complexity index is 756. The molecule has 1 heterocycles. The van der Waals surface area contributed by atoms with Gasteiger partial charge in [0.15, 0.2) is 0 Å². The Morgan fingerprint density at radius 3 is 2.52 bits per heavy atom. The molecule has 2 aromatic rings. The van der Waals surface area contributed by atoms with Crippen LogP contribution in [0.3, 0.4) is 0 Å². The molecule has 4 nitrogen and oxygen atoms in total. The molecular formula is C23H28N2O2. The van der Waals surface area contributed by atoms with Gasteiger partial charge < -0.3 is 10.2 Å². The minimum Gasteiger partial charge on any atom is -0.354 e. The Labute approximate surface area is 161 Å². The lowest BCUT2D eigenvalue weighted by Gasteiger charge is -2.24. The summed E-state index contributed by atoms with van der Waals surface area (Å²) >= 11 is 0. The van der Waals surface area contributed by atoms with Crippen molar-refractivity contribution in [3.8, 4) is 0 Å². The van der Waals surface area contributed by atoms with Crippen molar-refractivity contribution in [3.63, 3.8) is 0 Å². The molecule has 0 aliphatic carbocycles. The SMILES string of the molecule is Cc1ccc(CCCCNC(=O)C2CCC(=O)N2Cc2ccccc2)cc1. The molecule has 0 bridgehead atoms. The molecule has 4 heteroatoms. The number of nitrogens with zero attached hydrogens (tertiary/aromatic N) is 1. The maximum absolute atomic E-state index is 12.6. The third kappa shape index (κ3) is 5.43. The summed E-state index contributed by atoms with van der Waals surface area (Å²) in [5.41, 5.74) is 3.67. The first-order valence-corrected chi connectivity index (χ1v) is 9.80. The Morgan fingerprint density at radius 2 is 1.78 bits per heavy atom. The number of nitrogens with one attached hydrogen (secondary N) is 1. The molecule has 1 unspecified atom stereocenters. The Balaban J connectivity index is 1.42. The summed E-state index contributed by atoms with van der Waals surface area (Å²) in [6, 6.07) is 18.1. The van der Waals surface area contributed by atoms with Gasteiger partial charge >= 0.3 is 0 Å². The monoisotopic (exact) mass is 364 g/mol. The fourth-order valence-electron chi connectivity index (χ4n) is 3.52. The second kappa shape index (κ2) is 9.36. The van der Waals surface area contributed by atoms with E-state index in [0.29, 0.717) is 25.9 Å². The van der Waals surface area contributed by atoms with Gasteiger partial charge in [0.2, 0.25) is 11.8 Å². The molecule has 1 atom stereocenters. The van der Waals surface area contributed by atoms with E-state index < -0.39 is 0 Å². The molecule has 2 amide bonds. The van der Waals surface area contributed by atoms with Crippen molar-refractivity contribution in [2.75, 3.05) is 6.54 Å². The number of rotatable bonds is 8. The van der Waals surface area contributed by atoms with Gasteiger partial charge in [-0.25, -0.2) is 0 Å². The van der Waals surface area contributed by atoms with E-state index in [0.717, 1.165) is 24.8 Å². The number of hydrogen-bond donors (Lipinski definition) is 1. The molecule has 142 valence electrons. The summed E-state index contributed by atoms with van der Waals surface area (Å²) in [5.74, 6) is 0.0468. The maximum atomic E-state index is 12.6. The van der Waals surface area contributed by atoms with Crippen molar-refractivity contribution in [2.45, 2.75) is 51.6 Å². The molecule has 1 aliphatic heterocycles. The molecule has 0 aromatic heterocycles. The van der Waals surface area contributed by atoms with E-state index in [2.05, 4.69) is 36.5 Å². The summed E-state index contributed by atoms with van der Waals surface area (Å²) in [6.07, 6.45) is 4.08. The van der Waals surface area contributed by atoms with E-state index in [1.165, 1.54) is 11.1 Å². The van der Waals surface area contributed by atoms with Gasteiger partial charge in [-0.2, -0.15) is 0 Å². The largest absolute Gasteiger partial charge is 0.354 e. The zero-order chi connectivity index (χ0) is 19.1. The Kier molecular flexibility index (Phi) is 6.64. The predicted molar refractivity (Wildman–Crippen MR) is 107 cm³/mol. The van der Waals surface area contributed by atoms with E-state index in [1.54, 1.807) is 4.90 Å². The third-order valence-electron chi connectivity index (χ3n) is 5.14. The normalized spacial score (nSPS) is 16.6. The Morgan fingerprint density at radius 1 is 1.04 bits per heavy atom. The molecule has 0 radical (unpaired) electrons. The van der Waals surface area contributed by atoms with Gasteiger partial charge in [0, 0.05) is 19.5 Å². The quantitative estimate of drug-likeness (QED) is 0.727. The van der Waals surface area contributed by atoms with Gasteiger partial charge in [0.1, 0.15) is 6.04 Å². The molecular weight excluding hydrogens is 336 g/mol. The third-order valence-corrected chi connectivity index (χ3v) is 5.14. The van der Waals surface area contributed by atoms with E-state index in [4.69, 9.17) is 0 Å². The lowest BCUT2D eigenvalue weighted by Crippen LogP contribution is -2.44. The molecule has 1 fully saturated rings. The van der Waals surface area contributed by atoms with Gasteiger partial charge in [-0.1, -0.05) is 60.2 Å². The first kappa shape index (κ1) is 19.2. The minimum atomic E-state index is -0.338. The summed E-state index contributed by atoms with van der Waals surface area (Å²) in [6.45, 7) is 3.26. The van der Waals surface area contributed by atoms with Crippen LogP contribution in [0.1, 0.15) is 42.4 Å². The van der Waals surface area contributed by atoms with E-state index in [-0.39, 0.29) is 17.9 Å². The van der Waals surface area contributed by atoms with E-state index >= 15 is 0 Å². The van der Waals surface area contributed by atoms with E-state index in [1.807, 2.05) is 30.3 Å². The predicted octanol–water partition coefficient (Wildman–Crippen LogP) is 3.63. The zero-order valence-electron chi connectivity index (χ0n) is 16.0. The first-order valence-electron chi connectivity index (χ1n) is 9.80. The highest BCUT2D eigenvalue weighted by atomic mass is 16.2. The molecule has 3 rings (SSSR count). The van der Waals surface area contributed by atoms with Crippen molar-refractivity contribution in [1.29, 1.82) is 0 Å². The molecule has 27 heavy (non-hydrogen) atoms. The highest BCUT2D eigenvalue weighted by Gasteiger charge is 2.35. The average Bonchev–Trinajstić information content (AvgIpc) is 3.04. The van der Waals surface area contributed by atoms with Crippen molar-refractivity contribution in [1.82, 2.24) is 10.2 Å². The number of aryl methyl sites for hydroxylation is 2. The fourth-order valence-corrected chi connectivity index (χ4v) is 3.52. The van der Waals surface area contributed by atoms with Gasteiger partial charge in [0.05, 0.1) is 0 Å². The fraction of sp³-hybridized carbons (Fsp3) is 0.391. The second-order valence-electron chi connectivity index (χ2n) is 7.30. The number of carbonyl (C=O) groups excluding carboxylic acids is 2. The number of carbonyl (C=O) groups is 2. The lowest BCUT2D eigenvalue weighted by molar-refractivity contribution is -0.135. The molecule has 2 aromatic carbocycles. The van der Waals surface area contributed by atoms with Gasteiger partial charge in [0.25, 0.3) is 0 Å². The number of amides is 2. The van der Waals surface area contributed by atoms with Crippen LogP contribution in [-0.2, 0) is 22.6 Å². The van der Waals surface area contributed by atoms with Gasteiger partial charge in [-0.3, -0.25) is 9.59 Å². The molecule has 0 saturated carbocycles. The molecule has 1 N–H and O–H groups in total. The minimum absolute atomic E-state index is 0.0212. The molecule has 0 spiro atoms. The maximum Gasteiger partial charge on any atom is 0.242 e. The summed E-state index contributed by atoms with van der Waals surface area (Å²) in [7, 11) is 0. The smallest absolute Gasteiger partial charge is 0.242 e. The summed E-state index contributed by atoms with van der Waals surface area (Å²) < 4.78 is 0. The topological polar surface area (TPSA) is 49.4 Å². The number of likely N-dealkylation sites (tertiary alicyclic amines) is 1. The van der Waals surface area contributed by atoms with Crippen LogP contribution in [0, 0.1) is 6.92 Å². The highest BCUT2D eigenvalue weighted by Crippen LogP contribution is 2.21. The number of benzene rings is 2. The van der Waals surface area contributed by atoms with E-state index in [9.17, 15) is 9.59 Å². The first-order chi connectivity index (χ1) is 13.1. The van der Waals surface area contributed by atoms with Crippen molar-refractivity contribution in [3.05, 3.63) is 71.3 Å². The average molecular weight is 364 g/mol. The highest BCUT2D eigenvalue weighted by molar-refractivity contribution is 5.90. The summed E-state index contributed by atoms with van der Waals surface area (Å²) in [5, 5.41) is 3.02. The van der Waals surface area contributed by atoms with Crippen LogP contribution in [0.2, 0.25) is 0 Å². The van der Waals surface area contributed by atoms with Crippen LogP contribution in [0.4, 0.5) is 0 Å². The molecule has 1 saturated heterocycles. The zero-order valence-corrected chi connectivity index (χ0v) is 16.0. The van der Waals surface area contributed by atoms with Crippen molar-refractivity contribution < 1.29 is 9.59 Å². The van der Waals surface area contributed by atoms with Crippen LogP contribution in [0.5, 0.6) is 0 Å². The standard InChI is InChI=1S/C23H28N2O2/c1-18-10-12-19(13-11-18)7-5-6-16-24-23(27)21-14-15-22(26)25(21)17-20-8-3-2-4-9-20/h2-4,8-13,21H,5-7,14-17H2,1H3,(H,24,27). The Hall–Kier alpha value is -2.62. The molecule has 1 aliphatic rings. The van der Waals surface area contributed by atoms with Gasteiger partial charge in [-0.15, -0.1) is 0 Å². The van der Waals surface area contributed by atoms with Crippen LogP contribution >= 0.6 is 0 Å². The number of unbranched alkanes of at least 4 members (excludes halogenated alkanes) is 1.